The Morgan fingerprint density at radius 2 is 1.58 bits per heavy atom. The topological polar surface area (TPSA) is 135 Å². The molecule has 0 saturated carbocycles. The molecule has 2 aliphatic rings. The third-order valence-electron chi connectivity index (χ3n) is 9.55. The Bertz CT molecular complexity index is 1640. The molecule has 2 aliphatic heterocycles. The highest BCUT2D eigenvalue weighted by molar-refractivity contribution is 5.77. The van der Waals surface area contributed by atoms with Gasteiger partial charge < -0.3 is 29.7 Å². The molecule has 0 bridgehead atoms. The number of carboxylic acids is 1. The van der Waals surface area contributed by atoms with Crippen molar-refractivity contribution in [2.24, 2.45) is 0 Å². The molecule has 52 heavy (non-hydrogen) atoms. The van der Waals surface area contributed by atoms with Gasteiger partial charge in [0, 0.05) is 37.9 Å². The Hall–Kier alpha value is -4.09. The third-order valence-corrected chi connectivity index (χ3v) is 9.55. The summed E-state index contributed by atoms with van der Waals surface area (Å²) in [4.78, 5) is 38.4. The Morgan fingerprint density at radius 3 is 2.29 bits per heavy atom. The second kappa shape index (κ2) is 18.6. The molecule has 4 unspecified atom stereocenters. The summed E-state index contributed by atoms with van der Waals surface area (Å²) < 4.78 is 19.1. The van der Waals surface area contributed by atoms with Crippen LogP contribution in [0.25, 0.3) is 11.1 Å². The number of aliphatic hydroxyl groups is 1. The quantitative estimate of drug-likeness (QED) is 0.104. The van der Waals surface area contributed by atoms with Gasteiger partial charge in [0.05, 0.1) is 18.8 Å². The number of benzene rings is 3. The van der Waals surface area contributed by atoms with Crippen molar-refractivity contribution >= 4 is 17.8 Å². The van der Waals surface area contributed by atoms with E-state index in [0.717, 1.165) is 72.0 Å². The lowest BCUT2D eigenvalue weighted by atomic mass is 9.98. The molecule has 5 rings (SSSR count). The van der Waals surface area contributed by atoms with Gasteiger partial charge in [-0.3, -0.25) is 19.3 Å². The summed E-state index contributed by atoms with van der Waals surface area (Å²) in [7, 11) is 0. The first-order valence-electron chi connectivity index (χ1n) is 18.6. The van der Waals surface area contributed by atoms with E-state index in [1.807, 2.05) is 81.4 Å². The number of aliphatic carboxylic acids is 1. The number of hydrogen-bond donors (Lipinski definition) is 3. The number of nitrogens with zero attached hydrogens (tertiary/aromatic N) is 1. The van der Waals surface area contributed by atoms with Crippen molar-refractivity contribution in [2.45, 2.75) is 122 Å². The summed E-state index contributed by atoms with van der Waals surface area (Å²) in [6, 6.07) is 23.8. The molecule has 0 spiro atoms. The molecule has 3 aromatic carbocycles. The number of ether oxygens (including phenoxy) is 3. The van der Waals surface area contributed by atoms with Crippen molar-refractivity contribution in [1.82, 2.24) is 10.2 Å². The van der Waals surface area contributed by atoms with Gasteiger partial charge in [-0.25, -0.2) is 0 Å². The first-order chi connectivity index (χ1) is 25.0. The van der Waals surface area contributed by atoms with Crippen molar-refractivity contribution < 1.29 is 38.8 Å². The average Bonchev–Trinajstić information content (AvgIpc) is 3.60. The van der Waals surface area contributed by atoms with Gasteiger partial charge in [0.2, 0.25) is 5.91 Å². The molecule has 0 aromatic heterocycles. The molecule has 3 aromatic rings. The highest BCUT2D eigenvalue weighted by Crippen LogP contribution is 2.39. The van der Waals surface area contributed by atoms with E-state index >= 15 is 0 Å². The van der Waals surface area contributed by atoms with Crippen LogP contribution in [-0.4, -0.2) is 63.8 Å². The van der Waals surface area contributed by atoms with Crippen LogP contribution >= 0.6 is 0 Å². The first-order valence-corrected chi connectivity index (χ1v) is 18.6. The number of carbonyl (C=O) groups is 3. The summed E-state index contributed by atoms with van der Waals surface area (Å²) in [6.45, 7) is 7.44. The molecule has 10 heteroatoms. The molecule has 2 fully saturated rings. The van der Waals surface area contributed by atoms with Crippen molar-refractivity contribution in [3.05, 3.63) is 95.1 Å². The third kappa shape index (κ3) is 11.7. The lowest BCUT2D eigenvalue weighted by Crippen LogP contribution is -2.45. The maximum absolute atomic E-state index is 13.1. The minimum atomic E-state index is -0.782. The monoisotopic (exact) mass is 714 g/mol. The van der Waals surface area contributed by atoms with Crippen LogP contribution in [0, 0.1) is 0 Å². The van der Waals surface area contributed by atoms with Crippen molar-refractivity contribution in [3.8, 4) is 11.1 Å². The van der Waals surface area contributed by atoms with Crippen molar-refractivity contribution in [1.29, 1.82) is 0 Å². The molecular formula is C42H54N2O8. The van der Waals surface area contributed by atoms with Crippen LogP contribution in [0.3, 0.4) is 0 Å². The van der Waals surface area contributed by atoms with Crippen molar-refractivity contribution in [3.63, 3.8) is 0 Å². The molecule has 2 heterocycles. The molecule has 4 atom stereocenters. The van der Waals surface area contributed by atoms with Crippen LogP contribution in [0.15, 0.2) is 72.8 Å². The molecule has 3 N–H and O–H groups in total. The van der Waals surface area contributed by atoms with Crippen molar-refractivity contribution in [2.75, 3.05) is 13.1 Å². The minimum Gasteiger partial charge on any atom is -0.481 e. The number of carboxylic acid groups (broad SMARTS) is 1. The summed E-state index contributed by atoms with van der Waals surface area (Å²) in [5.74, 6) is -0.988. The number of nitrogens with one attached hydrogen (secondary N) is 1. The number of carbonyl (C=O) groups excluding carboxylic acids is 2. The maximum Gasteiger partial charge on any atom is 0.323 e. The van der Waals surface area contributed by atoms with Crippen LogP contribution in [0.2, 0.25) is 0 Å². The zero-order valence-electron chi connectivity index (χ0n) is 30.7. The second-order valence-corrected chi connectivity index (χ2v) is 14.9. The number of aliphatic hydroxyl groups excluding tert-OH is 1. The zero-order chi connectivity index (χ0) is 37.1. The van der Waals surface area contributed by atoms with E-state index in [9.17, 15) is 19.5 Å². The van der Waals surface area contributed by atoms with Crippen LogP contribution in [-0.2, 0) is 41.7 Å². The lowest BCUT2D eigenvalue weighted by Gasteiger charge is -2.38. The summed E-state index contributed by atoms with van der Waals surface area (Å²) in [5.41, 5.74) is 5.15. The Morgan fingerprint density at radius 1 is 0.865 bits per heavy atom. The summed E-state index contributed by atoms with van der Waals surface area (Å²) >= 11 is 0. The first kappa shape index (κ1) is 39.1. The van der Waals surface area contributed by atoms with E-state index in [1.54, 1.807) is 0 Å². The van der Waals surface area contributed by atoms with Gasteiger partial charge in [-0.15, -0.1) is 0 Å². The zero-order valence-corrected chi connectivity index (χ0v) is 30.7. The number of amides is 1. The fourth-order valence-corrected chi connectivity index (χ4v) is 6.91. The molecule has 1 amide bonds. The number of likely N-dealkylation sites (tertiary alicyclic amines) is 1. The van der Waals surface area contributed by atoms with E-state index in [1.165, 1.54) is 0 Å². The van der Waals surface area contributed by atoms with Crippen LogP contribution < -0.4 is 5.32 Å². The minimum absolute atomic E-state index is 0.0151. The number of rotatable bonds is 16. The highest BCUT2D eigenvalue weighted by Gasteiger charge is 2.39. The van der Waals surface area contributed by atoms with Gasteiger partial charge in [0.1, 0.15) is 11.6 Å². The number of hydrogen-bond acceptors (Lipinski definition) is 8. The van der Waals surface area contributed by atoms with Gasteiger partial charge in [0.15, 0.2) is 6.29 Å². The molecule has 0 radical (unpaired) electrons. The summed E-state index contributed by atoms with van der Waals surface area (Å²) in [6.07, 6.45) is 4.81. The Kier molecular flexibility index (Phi) is 14.0. The van der Waals surface area contributed by atoms with Gasteiger partial charge in [-0.2, -0.15) is 0 Å². The maximum atomic E-state index is 13.1. The Labute approximate surface area is 307 Å². The van der Waals surface area contributed by atoms with Gasteiger partial charge >= 0.3 is 11.9 Å². The van der Waals surface area contributed by atoms with E-state index in [0.29, 0.717) is 32.4 Å². The number of unbranched alkanes of at least 4 members (excludes halogenated alkanes) is 3. The average molecular weight is 715 g/mol. The smallest absolute Gasteiger partial charge is 0.323 e. The lowest BCUT2D eigenvalue weighted by molar-refractivity contribution is -0.253. The molecule has 10 nitrogen and oxygen atoms in total. The fraction of sp³-hybridized carbons (Fsp3) is 0.500. The number of esters is 1. The largest absolute Gasteiger partial charge is 0.481 e. The fourth-order valence-electron chi connectivity index (χ4n) is 6.91. The molecular weight excluding hydrogens is 660 g/mol. The molecule has 0 aliphatic carbocycles. The SMILES string of the molecule is CC(C)(C)OC(=O)C1CCCN1CC1CC(c2ccc(CO)cc2)OC(c2cccc(-c3cccc(CNC(=O)CCCCCCC(=O)O)c3)c2)O1. The van der Waals surface area contributed by atoms with E-state index in [4.69, 9.17) is 19.3 Å². The standard InChI is InChI=1S/C42H54N2O8/c1-42(2,3)52-40(49)36-15-10-22-44(36)27-35-25-37(31-20-18-29(28-45)19-21-31)51-41(50-35)34-14-9-13-33(24-34)32-12-8-11-30(23-32)26-43-38(46)16-6-4-5-7-17-39(47)48/h8-9,11-14,18-21,23-24,35-37,41,45H,4-7,10,15-17,22,25-28H2,1-3H3,(H,43,46)(H,47,48). The summed E-state index contributed by atoms with van der Waals surface area (Å²) in [5, 5.41) is 21.4. The van der Waals surface area contributed by atoms with Crippen LogP contribution in [0.5, 0.6) is 0 Å². The Balaban J connectivity index is 1.26. The van der Waals surface area contributed by atoms with Gasteiger partial charge in [0.25, 0.3) is 0 Å². The molecule has 2 saturated heterocycles. The van der Waals surface area contributed by atoms with E-state index < -0.39 is 17.9 Å². The van der Waals surface area contributed by atoms with E-state index in [-0.39, 0.29) is 43.2 Å². The normalized spacial score (nSPS) is 20.8. The van der Waals surface area contributed by atoms with Crippen LogP contribution in [0.1, 0.15) is 113 Å². The second-order valence-electron chi connectivity index (χ2n) is 14.9. The van der Waals surface area contributed by atoms with E-state index in [2.05, 4.69) is 22.3 Å². The predicted molar refractivity (Wildman–Crippen MR) is 198 cm³/mol. The predicted octanol–water partition coefficient (Wildman–Crippen LogP) is 7.24. The molecule has 280 valence electrons. The van der Waals surface area contributed by atoms with Gasteiger partial charge in [-0.05, 0) is 92.9 Å². The highest BCUT2D eigenvalue weighted by atomic mass is 16.7. The van der Waals surface area contributed by atoms with Gasteiger partial charge in [-0.1, -0.05) is 73.5 Å². The van der Waals surface area contributed by atoms with Crippen LogP contribution in [0.4, 0.5) is 0 Å².